The Bertz CT molecular complexity index is 824. The van der Waals surface area contributed by atoms with Crippen molar-refractivity contribution in [1.82, 2.24) is 15.2 Å². The number of ether oxygens (including phenoxy) is 1. The van der Waals surface area contributed by atoms with Crippen LogP contribution in [0.5, 0.6) is 5.75 Å². The van der Waals surface area contributed by atoms with Crippen LogP contribution in [0.1, 0.15) is 41.6 Å². The van der Waals surface area contributed by atoms with E-state index in [4.69, 9.17) is 4.74 Å². The van der Waals surface area contributed by atoms with Crippen molar-refractivity contribution < 1.29 is 14.3 Å². The van der Waals surface area contributed by atoms with E-state index in [1.807, 2.05) is 24.3 Å². The lowest BCUT2D eigenvalue weighted by Crippen LogP contribution is -2.52. The molecule has 1 unspecified atom stereocenters. The first-order valence-electron chi connectivity index (χ1n) is 9.79. The van der Waals surface area contributed by atoms with Crippen LogP contribution in [0.2, 0.25) is 0 Å². The summed E-state index contributed by atoms with van der Waals surface area (Å²) >= 11 is 0. The summed E-state index contributed by atoms with van der Waals surface area (Å²) in [5.74, 6) is 0.906. The Morgan fingerprint density at radius 1 is 1.07 bits per heavy atom. The molecule has 3 atom stereocenters. The van der Waals surface area contributed by atoms with Crippen LogP contribution in [-0.2, 0) is 11.2 Å². The van der Waals surface area contributed by atoms with Crippen molar-refractivity contribution in [2.75, 3.05) is 7.11 Å². The van der Waals surface area contributed by atoms with Crippen molar-refractivity contribution in [3.63, 3.8) is 0 Å². The molecule has 0 spiro atoms. The molecule has 0 aliphatic carbocycles. The molecule has 2 aliphatic heterocycles. The van der Waals surface area contributed by atoms with Crippen molar-refractivity contribution >= 4 is 11.8 Å². The number of methoxy groups -OCH3 is 1. The van der Waals surface area contributed by atoms with Crippen LogP contribution in [0.15, 0.2) is 48.8 Å². The molecule has 2 aromatic rings. The zero-order valence-electron chi connectivity index (χ0n) is 16.0. The minimum atomic E-state index is -0.0650. The Kier molecular flexibility index (Phi) is 5.28. The number of nitrogens with zero attached hydrogens (tertiary/aromatic N) is 2. The number of hydrogen-bond acceptors (Lipinski definition) is 4. The van der Waals surface area contributed by atoms with Gasteiger partial charge in [0, 0.05) is 36.1 Å². The quantitative estimate of drug-likeness (QED) is 0.867. The zero-order chi connectivity index (χ0) is 19.5. The third-order valence-corrected chi connectivity index (χ3v) is 5.81. The van der Waals surface area contributed by atoms with Gasteiger partial charge in [0.1, 0.15) is 5.75 Å². The number of fused-ring (bicyclic) bond motifs is 2. The Hall–Kier alpha value is -2.89. The number of rotatable bonds is 5. The molecule has 2 fully saturated rings. The lowest BCUT2D eigenvalue weighted by Gasteiger charge is -2.39. The summed E-state index contributed by atoms with van der Waals surface area (Å²) in [5, 5.41) is 3.14. The number of nitrogens with one attached hydrogen (secondary N) is 1. The summed E-state index contributed by atoms with van der Waals surface area (Å²) in [6.45, 7) is 0. The van der Waals surface area contributed by atoms with Crippen molar-refractivity contribution in [2.45, 2.75) is 50.2 Å². The molecule has 6 heteroatoms. The lowest BCUT2D eigenvalue weighted by molar-refractivity contribution is -0.135. The SMILES string of the molecule is COc1ccc(CC(=O)N2[C@@H]3CC[C@H]2CC(NC(=O)c2ccncc2)C3)cc1. The highest BCUT2D eigenvalue weighted by Gasteiger charge is 2.43. The topological polar surface area (TPSA) is 71.5 Å². The van der Waals surface area contributed by atoms with Gasteiger partial charge in [-0.15, -0.1) is 0 Å². The third-order valence-electron chi connectivity index (χ3n) is 5.81. The molecule has 1 aromatic carbocycles. The van der Waals surface area contributed by atoms with E-state index in [0.717, 1.165) is 37.0 Å². The molecule has 146 valence electrons. The molecule has 0 radical (unpaired) electrons. The van der Waals surface area contributed by atoms with E-state index in [2.05, 4.69) is 15.2 Å². The zero-order valence-corrected chi connectivity index (χ0v) is 16.0. The van der Waals surface area contributed by atoms with Crippen LogP contribution >= 0.6 is 0 Å². The molecule has 28 heavy (non-hydrogen) atoms. The van der Waals surface area contributed by atoms with Gasteiger partial charge in [0.15, 0.2) is 0 Å². The standard InChI is InChI=1S/C22H25N3O3/c1-28-20-6-2-15(3-7-20)12-21(26)25-18-4-5-19(25)14-17(13-18)24-22(27)16-8-10-23-11-9-16/h2-3,6-11,17-19H,4-5,12-14H2,1H3,(H,24,27)/t17?,18-,19+. The highest BCUT2D eigenvalue weighted by Crippen LogP contribution is 2.36. The van der Waals surface area contributed by atoms with E-state index < -0.39 is 0 Å². The number of aromatic nitrogens is 1. The summed E-state index contributed by atoms with van der Waals surface area (Å²) in [6, 6.07) is 11.6. The largest absolute Gasteiger partial charge is 0.497 e. The molecular weight excluding hydrogens is 354 g/mol. The average molecular weight is 379 g/mol. The molecule has 6 nitrogen and oxygen atoms in total. The molecular formula is C22H25N3O3. The van der Waals surface area contributed by atoms with Crippen molar-refractivity contribution in [2.24, 2.45) is 0 Å². The van der Waals surface area contributed by atoms with Gasteiger partial charge < -0.3 is 15.0 Å². The van der Waals surface area contributed by atoms with E-state index in [9.17, 15) is 9.59 Å². The second-order valence-corrected chi connectivity index (χ2v) is 7.59. The fraction of sp³-hybridized carbons (Fsp3) is 0.409. The second kappa shape index (κ2) is 8.00. The predicted molar refractivity (Wildman–Crippen MR) is 105 cm³/mol. The van der Waals surface area contributed by atoms with Crippen molar-refractivity contribution in [3.8, 4) is 5.75 Å². The summed E-state index contributed by atoms with van der Waals surface area (Å²) in [7, 11) is 1.63. The number of pyridine rings is 1. The number of piperidine rings is 1. The van der Waals surface area contributed by atoms with Crippen molar-refractivity contribution in [1.29, 1.82) is 0 Å². The molecule has 2 saturated heterocycles. The van der Waals surface area contributed by atoms with Crippen LogP contribution in [-0.4, -0.2) is 46.9 Å². The molecule has 4 rings (SSSR count). The summed E-state index contributed by atoms with van der Waals surface area (Å²) in [6.07, 6.45) is 7.33. The normalized spacial score (nSPS) is 23.3. The van der Waals surface area contributed by atoms with E-state index in [1.54, 1.807) is 31.6 Å². The van der Waals surface area contributed by atoms with Crippen LogP contribution in [0.25, 0.3) is 0 Å². The molecule has 2 amide bonds. The first-order chi connectivity index (χ1) is 13.6. The first kappa shape index (κ1) is 18.5. The maximum Gasteiger partial charge on any atom is 0.251 e. The van der Waals surface area contributed by atoms with Crippen molar-refractivity contribution in [3.05, 3.63) is 59.9 Å². The van der Waals surface area contributed by atoms with E-state index >= 15 is 0 Å². The number of carbonyl (C=O) groups excluding carboxylic acids is 2. The fourth-order valence-corrected chi connectivity index (χ4v) is 4.48. The summed E-state index contributed by atoms with van der Waals surface area (Å²) < 4.78 is 5.18. The van der Waals surface area contributed by atoms with E-state index in [1.165, 1.54) is 0 Å². The Labute approximate surface area is 164 Å². The van der Waals surface area contributed by atoms with Gasteiger partial charge in [0.2, 0.25) is 5.91 Å². The second-order valence-electron chi connectivity index (χ2n) is 7.59. The molecule has 3 heterocycles. The van der Waals surface area contributed by atoms with Gasteiger partial charge in [-0.25, -0.2) is 0 Å². The van der Waals surface area contributed by atoms with Gasteiger partial charge in [-0.05, 0) is 55.5 Å². The van der Waals surface area contributed by atoms with Gasteiger partial charge in [-0.2, -0.15) is 0 Å². The maximum absolute atomic E-state index is 12.9. The third kappa shape index (κ3) is 3.86. The van der Waals surface area contributed by atoms with E-state index in [-0.39, 0.29) is 29.9 Å². The first-order valence-corrected chi connectivity index (χ1v) is 9.79. The smallest absolute Gasteiger partial charge is 0.251 e. The minimum Gasteiger partial charge on any atom is -0.497 e. The Morgan fingerprint density at radius 3 is 2.32 bits per heavy atom. The maximum atomic E-state index is 12.9. The molecule has 2 aliphatic rings. The number of amides is 2. The van der Waals surface area contributed by atoms with Gasteiger partial charge in [0.25, 0.3) is 5.91 Å². The predicted octanol–water partition coefficient (Wildman–Crippen LogP) is 2.58. The molecule has 1 aromatic heterocycles. The summed E-state index contributed by atoms with van der Waals surface area (Å²) in [4.78, 5) is 31.4. The highest BCUT2D eigenvalue weighted by molar-refractivity contribution is 5.94. The van der Waals surface area contributed by atoms with Gasteiger partial charge in [-0.1, -0.05) is 12.1 Å². The monoisotopic (exact) mass is 379 g/mol. The number of carbonyl (C=O) groups is 2. The number of hydrogen-bond donors (Lipinski definition) is 1. The molecule has 1 N–H and O–H groups in total. The lowest BCUT2D eigenvalue weighted by atomic mass is 9.96. The summed E-state index contributed by atoms with van der Waals surface area (Å²) in [5.41, 5.74) is 1.62. The van der Waals surface area contributed by atoms with Gasteiger partial charge in [-0.3, -0.25) is 14.6 Å². The van der Waals surface area contributed by atoms with Crippen LogP contribution in [0.4, 0.5) is 0 Å². The van der Waals surface area contributed by atoms with Gasteiger partial charge in [0.05, 0.1) is 13.5 Å². The Balaban J connectivity index is 1.36. The highest BCUT2D eigenvalue weighted by atomic mass is 16.5. The minimum absolute atomic E-state index is 0.0650. The van der Waals surface area contributed by atoms with E-state index in [0.29, 0.717) is 12.0 Å². The van der Waals surface area contributed by atoms with Gasteiger partial charge >= 0.3 is 0 Å². The van der Waals surface area contributed by atoms with Crippen LogP contribution in [0, 0.1) is 0 Å². The average Bonchev–Trinajstić information content (AvgIpc) is 3.00. The van der Waals surface area contributed by atoms with Crippen LogP contribution < -0.4 is 10.1 Å². The molecule has 2 bridgehead atoms. The fourth-order valence-electron chi connectivity index (χ4n) is 4.48. The Morgan fingerprint density at radius 2 is 1.71 bits per heavy atom. The van der Waals surface area contributed by atoms with Crippen LogP contribution in [0.3, 0.4) is 0 Å². The molecule has 0 saturated carbocycles. The number of benzene rings is 1.